The molecular formula is C19H21N3O3. The second-order valence-electron chi connectivity index (χ2n) is 6.94. The van der Waals surface area contributed by atoms with E-state index in [2.05, 4.69) is 10.3 Å². The minimum atomic E-state index is -0.132. The number of nitrogens with one attached hydrogen (secondary N) is 1. The van der Waals surface area contributed by atoms with E-state index in [1.165, 1.54) is 6.39 Å². The normalized spacial score (nSPS) is 23.1. The van der Waals surface area contributed by atoms with Gasteiger partial charge in [0.05, 0.1) is 6.04 Å². The highest BCUT2D eigenvalue weighted by Crippen LogP contribution is 2.29. The number of amides is 2. The number of nitrogens with zero attached hydrogens (tertiary/aromatic N) is 2. The fourth-order valence-corrected chi connectivity index (χ4v) is 3.84. The minimum Gasteiger partial charge on any atom is -0.443 e. The van der Waals surface area contributed by atoms with Crippen LogP contribution in [0.1, 0.15) is 35.3 Å². The van der Waals surface area contributed by atoms with E-state index in [-0.39, 0.29) is 17.9 Å². The molecule has 4 rings (SSSR count). The Morgan fingerprint density at radius 3 is 3.08 bits per heavy atom. The maximum absolute atomic E-state index is 13.0. The molecule has 0 unspecified atom stereocenters. The second-order valence-corrected chi connectivity index (χ2v) is 6.94. The van der Waals surface area contributed by atoms with Crippen LogP contribution in [0.15, 0.2) is 35.1 Å². The quantitative estimate of drug-likeness (QED) is 0.911. The maximum Gasteiger partial charge on any atom is 0.276 e. The fraction of sp³-hybridized carbons (Fsp3) is 0.421. The first-order chi connectivity index (χ1) is 12.1. The average Bonchev–Trinajstić information content (AvgIpc) is 3.18. The van der Waals surface area contributed by atoms with Crippen molar-refractivity contribution in [2.45, 2.75) is 32.2 Å². The molecular weight excluding hydrogens is 318 g/mol. The summed E-state index contributed by atoms with van der Waals surface area (Å²) in [4.78, 5) is 30.7. The number of rotatable bonds is 2. The van der Waals surface area contributed by atoms with Crippen molar-refractivity contribution in [3.8, 4) is 11.3 Å². The summed E-state index contributed by atoms with van der Waals surface area (Å²) in [6, 6.07) is 7.88. The van der Waals surface area contributed by atoms with E-state index in [0.717, 1.165) is 24.0 Å². The number of benzene rings is 1. The van der Waals surface area contributed by atoms with Gasteiger partial charge >= 0.3 is 0 Å². The zero-order valence-corrected chi connectivity index (χ0v) is 14.2. The predicted octanol–water partition coefficient (Wildman–Crippen LogP) is 2.39. The van der Waals surface area contributed by atoms with E-state index in [0.29, 0.717) is 36.9 Å². The third-order valence-electron chi connectivity index (χ3n) is 5.10. The van der Waals surface area contributed by atoms with Crippen molar-refractivity contribution in [2.24, 2.45) is 5.92 Å². The smallest absolute Gasteiger partial charge is 0.276 e. The first-order valence-corrected chi connectivity index (χ1v) is 8.71. The first-order valence-electron chi connectivity index (χ1n) is 8.71. The van der Waals surface area contributed by atoms with Gasteiger partial charge in [-0.2, -0.15) is 0 Å². The molecule has 2 aliphatic rings. The molecule has 1 N–H and O–H groups in total. The van der Waals surface area contributed by atoms with E-state index in [1.54, 1.807) is 4.90 Å². The van der Waals surface area contributed by atoms with Crippen LogP contribution in [0.25, 0.3) is 11.3 Å². The molecule has 0 spiro atoms. The minimum absolute atomic E-state index is 0.0493. The zero-order valence-electron chi connectivity index (χ0n) is 14.2. The molecule has 0 bridgehead atoms. The lowest BCUT2D eigenvalue weighted by Crippen LogP contribution is -2.39. The van der Waals surface area contributed by atoms with Gasteiger partial charge in [0.2, 0.25) is 5.91 Å². The highest BCUT2D eigenvalue weighted by atomic mass is 16.3. The van der Waals surface area contributed by atoms with Gasteiger partial charge in [-0.15, -0.1) is 0 Å². The Kier molecular flexibility index (Phi) is 4.03. The number of fused-ring (bicyclic) bond motifs is 1. The highest BCUT2D eigenvalue weighted by Gasteiger charge is 2.38. The Morgan fingerprint density at radius 2 is 2.24 bits per heavy atom. The number of carbonyl (C=O) groups excluding carboxylic acids is 2. The summed E-state index contributed by atoms with van der Waals surface area (Å²) in [5.74, 6) is 0.783. The Hall–Kier alpha value is -2.63. The number of oxazole rings is 1. The van der Waals surface area contributed by atoms with Crippen molar-refractivity contribution >= 4 is 11.8 Å². The van der Waals surface area contributed by atoms with Crippen LogP contribution in [0.2, 0.25) is 0 Å². The standard InChI is InChI=1S/C19H21N3O3/c1-12-4-2-5-13(8-12)18-17(20-11-25-18)19(24)22-9-14-6-3-7-16(23)21-15(14)10-22/h2,4-5,8,11,14-15H,3,6-7,9-10H2,1H3,(H,21,23)/t14-,15+/m1/s1. The molecule has 25 heavy (non-hydrogen) atoms. The third kappa shape index (κ3) is 3.04. The number of hydrogen-bond donors (Lipinski definition) is 1. The summed E-state index contributed by atoms with van der Waals surface area (Å²) >= 11 is 0. The molecule has 1 aromatic heterocycles. The topological polar surface area (TPSA) is 75.4 Å². The molecule has 6 heteroatoms. The van der Waals surface area contributed by atoms with Gasteiger partial charge < -0.3 is 14.6 Å². The second kappa shape index (κ2) is 6.35. The van der Waals surface area contributed by atoms with Gasteiger partial charge in [0.25, 0.3) is 5.91 Å². The van der Waals surface area contributed by atoms with Crippen LogP contribution >= 0.6 is 0 Å². The van der Waals surface area contributed by atoms with Gasteiger partial charge in [-0.05, 0) is 31.7 Å². The van der Waals surface area contributed by atoms with Crippen molar-refractivity contribution in [1.82, 2.24) is 15.2 Å². The molecule has 0 aliphatic carbocycles. The monoisotopic (exact) mass is 339 g/mol. The van der Waals surface area contributed by atoms with Crippen LogP contribution in [0, 0.1) is 12.8 Å². The first kappa shape index (κ1) is 15.9. The molecule has 130 valence electrons. The lowest BCUT2D eigenvalue weighted by molar-refractivity contribution is -0.121. The Bertz CT molecular complexity index is 814. The molecule has 2 aromatic rings. The number of carbonyl (C=O) groups is 2. The van der Waals surface area contributed by atoms with Gasteiger partial charge in [-0.3, -0.25) is 9.59 Å². The van der Waals surface area contributed by atoms with Crippen LogP contribution in [0.3, 0.4) is 0 Å². The van der Waals surface area contributed by atoms with Crippen molar-refractivity contribution in [1.29, 1.82) is 0 Å². The summed E-state index contributed by atoms with van der Waals surface area (Å²) in [5.41, 5.74) is 2.29. The molecule has 6 nitrogen and oxygen atoms in total. The number of aromatic nitrogens is 1. The summed E-state index contributed by atoms with van der Waals surface area (Å²) in [7, 11) is 0. The molecule has 3 heterocycles. The lowest BCUT2D eigenvalue weighted by Gasteiger charge is -2.16. The van der Waals surface area contributed by atoms with E-state index in [4.69, 9.17) is 4.42 Å². The van der Waals surface area contributed by atoms with E-state index in [9.17, 15) is 9.59 Å². The number of aryl methyl sites for hydroxylation is 1. The van der Waals surface area contributed by atoms with Gasteiger partial charge in [-0.1, -0.05) is 23.8 Å². The largest absolute Gasteiger partial charge is 0.443 e. The summed E-state index contributed by atoms with van der Waals surface area (Å²) in [5, 5.41) is 3.05. The molecule has 0 radical (unpaired) electrons. The van der Waals surface area contributed by atoms with Crippen molar-refractivity contribution in [3.63, 3.8) is 0 Å². The Labute approximate surface area is 146 Å². The van der Waals surface area contributed by atoms with Crippen molar-refractivity contribution < 1.29 is 14.0 Å². The summed E-state index contributed by atoms with van der Waals surface area (Å²) in [6.45, 7) is 3.19. The van der Waals surface area contributed by atoms with Gasteiger partial charge in [0, 0.05) is 25.1 Å². The van der Waals surface area contributed by atoms with E-state index >= 15 is 0 Å². The number of likely N-dealkylation sites (tertiary alicyclic amines) is 1. The van der Waals surface area contributed by atoms with E-state index in [1.807, 2.05) is 31.2 Å². The SMILES string of the molecule is Cc1cccc(-c2ocnc2C(=O)N2C[C@H]3CCCC(=O)N[C@H]3C2)c1. The maximum atomic E-state index is 13.0. The number of hydrogen-bond acceptors (Lipinski definition) is 4. The van der Waals surface area contributed by atoms with Gasteiger partial charge in [0.1, 0.15) is 0 Å². The highest BCUT2D eigenvalue weighted by molar-refractivity contribution is 5.98. The van der Waals surface area contributed by atoms with Crippen molar-refractivity contribution in [2.75, 3.05) is 13.1 Å². The summed E-state index contributed by atoms with van der Waals surface area (Å²) < 4.78 is 5.51. The van der Waals surface area contributed by atoms with Crippen molar-refractivity contribution in [3.05, 3.63) is 41.9 Å². The molecule has 2 fully saturated rings. The van der Waals surface area contributed by atoms with Gasteiger partial charge in [0.15, 0.2) is 17.8 Å². The molecule has 2 amide bonds. The molecule has 2 atom stereocenters. The average molecular weight is 339 g/mol. The van der Waals surface area contributed by atoms with Crippen LogP contribution < -0.4 is 5.32 Å². The third-order valence-corrected chi connectivity index (χ3v) is 5.10. The van der Waals surface area contributed by atoms with Crippen LogP contribution in [-0.2, 0) is 4.79 Å². The van der Waals surface area contributed by atoms with Crippen LogP contribution in [-0.4, -0.2) is 40.8 Å². The fourth-order valence-electron chi connectivity index (χ4n) is 3.84. The Morgan fingerprint density at radius 1 is 1.36 bits per heavy atom. The summed E-state index contributed by atoms with van der Waals surface area (Å²) in [6.07, 6.45) is 3.76. The molecule has 1 aromatic carbocycles. The van der Waals surface area contributed by atoms with Gasteiger partial charge in [-0.25, -0.2) is 4.98 Å². The van der Waals surface area contributed by atoms with Crippen LogP contribution in [0.4, 0.5) is 0 Å². The zero-order chi connectivity index (χ0) is 17.4. The lowest BCUT2D eigenvalue weighted by atomic mass is 9.99. The Balaban J connectivity index is 1.57. The van der Waals surface area contributed by atoms with Crippen LogP contribution in [0.5, 0.6) is 0 Å². The molecule has 0 saturated carbocycles. The van der Waals surface area contributed by atoms with E-state index < -0.39 is 0 Å². The predicted molar refractivity (Wildman–Crippen MR) is 91.9 cm³/mol. The molecule has 2 aliphatic heterocycles. The molecule has 2 saturated heterocycles.